The number of carbonyl (C=O) groups is 3. The van der Waals surface area contributed by atoms with Gasteiger partial charge in [0.1, 0.15) is 12.1 Å². The van der Waals surface area contributed by atoms with Crippen molar-refractivity contribution in [1.29, 1.82) is 0 Å². The molecule has 0 spiro atoms. The third-order valence-electron chi connectivity index (χ3n) is 10.6. The van der Waals surface area contributed by atoms with Crippen LogP contribution in [0.3, 0.4) is 0 Å². The minimum absolute atomic E-state index is 0.146. The number of hydrogen-bond donors (Lipinski definition) is 4. The zero-order valence-corrected chi connectivity index (χ0v) is 31.5. The van der Waals surface area contributed by atoms with Crippen molar-refractivity contribution in [2.24, 2.45) is 5.73 Å². The van der Waals surface area contributed by atoms with Gasteiger partial charge in [0.15, 0.2) is 0 Å². The van der Waals surface area contributed by atoms with Crippen molar-refractivity contribution in [1.82, 2.24) is 35.0 Å². The van der Waals surface area contributed by atoms with Crippen molar-refractivity contribution in [2.75, 3.05) is 50.7 Å². The van der Waals surface area contributed by atoms with Crippen LogP contribution in [0.25, 0.3) is 21.0 Å². The molecule has 15 heteroatoms. The number of thiophene rings is 1. The van der Waals surface area contributed by atoms with Crippen molar-refractivity contribution in [3.8, 4) is 0 Å². The van der Waals surface area contributed by atoms with Gasteiger partial charge in [0.05, 0.1) is 10.9 Å². The SMILES string of the molecule is NCCCC[C@H](NC(=O)[C@@H](Cc1cc2ccccc2s1)NC(=O)N1CCC(n2c(=O)[nH]c3ccccc3c2=O)CC1)C(=O)N1CCN(c2ccncc2)CC1. The number of piperidine rings is 1. The van der Waals surface area contributed by atoms with E-state index in [-0.39, 0.29) is 37.0 Å². The van der Waals surface area contributed by atoms with Crippen LogP contribution >= 0.6 is 11.3 Å². The van der Waals surface area contributed by atoms with E-state index >= 15 is 0 Å². The molecule has 2 saturated heterocycles. The fourth-order valence-electron chi connectivity index (χ4n) is 7.61. The Morgan fingerprint density at radius 1 is 0.855 bits per heavy atom. The summed E-state index contributed by atoms with van der Waals surface area (Å²) in [5, 5.41) is 7.51. The number of urea groups is 1. The van der Waals surface area contributed by atoms with Crippen LogP contribution < -0.4 is 32.5 Å². The molecular formula is C40H47N9O5S. The molecule has 2 aliphatic rings. The third kappa shape index (κ3) is 8.73. The van der Waals surface area contributed by atoms with Gasteiger partial charge in [-0.05, 0) is 80.4 Å². The maximum atomic E-state index is 14.2. The average Bonchev–Trinajstić information content (AvgIpc) is 3.63. The van der Waals surface area contributed by atoms with E-state index in [9.17, 15) is 24.0 Å². The van der Waals surface area contributed by atoms with Crippen molar-refractivity contribution in [2.45, 2.75) is 56.7 Å². The Hall–Kier alpha value is -5.54. The molecule has 5 N–H and O–H groups in total. The lowest BCUT2D eigenvalue weighted by atomic mass is 10.0. The number of H-pyrrole nitrogens is 1. The first-order valence-electron chi connectivity index (χ1n) is 19.0. The standard InChI is InChI=1S/C40H47N9O5S/c41-16-6-5-10-33(38(52)47-23-21-46(22-24-47)28-12-17-42-18-13-28)43-36(50)34(26-30-25-27-7-1-4-11-35(27)55-30)45-39(53)48-19-14-29(15-20-48)49-37(51)31-8-2-3-9-32(31)44-40(49)54/h1-4,7-9,11-13,17-18,25,29,33-34H,5-6,10,14-16,19-24,26,41H2,(H,43,50)(H,44,54)(H,45,53)/t33-,34+/m0/s1. The summed E-state index contributed by atoms with van der Waals surface area (Å²) in [7, 11) is 0. The largest absolute Gasteiger partial charge is 0.368 e. The van der Waals surface area contributed by atoms with E-state index in [1.54, 1.807) is 57.8 Å². The lowest BCUT2D eigenvalue weighted by molar-refractivity contribution is -0.137. The van der Waals surface area contributed by atoms with Crippen LogP contribution in [-0.2, 0) is 16.0 Å². The lowest BCUT2D eigenvalue weighted by Crippen LogP contribution is -2.59. The third-order valence-corrected chi connectivity index (χ3v) is 11.8. The number of nitrogens with one attached hydrogen (secondary N) is 3. The zero-order valence-electron chi connectivity index (χ0n) is 30.7. The molecule has 2 aromatic carbocycles. The number of rotatable bonds is 12. The molecule has 0 bridgehead atoms. The summed E-state index contributed by atoms with van der Waals surface area (Å²) in [5.74, 6) is -0.579. The van der Waals surface area contributed by atoms with Crippen molar-refractivity contribution in [3.63, 3.8) is 0 Å². The Balaban J connectivity index is 1.05. The van der Waals surface area contributed by atoms with Crippen LogP contribution in [0.5, 0.6) is 0 Å². The van der Waals surface area contributed by atoms with Crippen LogP contribution in [0.2, 0.25) is 0 Å². The van der Waals surface area contributed by atoms with Gasteiger partial charge in [0.25, 0.3) is 5.56 Å². The van der Waals surface area contributed by atoms with Crippen LogP contribution in [0.4, 0.5) is 10.5 Å². The molecular weight excluding hydrogens is 719 g/mol. The molecule has 55 heavy (non-hydrogen) atoms. The van der Waals surface area contributed by atoms with Gasteiger partial charge in [0.2, 0.25) is 11.8 Å². The van der Waals surface area contributed by atoms with Gasteiger partial charge in [-0.15, -0.1) is 11.3 Å². The summed E-state index contributed by atoms with van der Waals surface area (Å²) in [6.45, 7) is 3.40. The second-order valence-corrected chi connectivity index (χ2v) is 15.4. The molecule has 2 aliphatic heterocycles. The quantitative estimate of drug-likeness (QED) is 0.140. The van der Waals surface area contributed by atoms with E-state index in [1.165, 1.54) is 4.57 Å². The topological polar surface area (TPSA) is 179 Å². The summed E-state index contributed by atoms with van der Waals surface area (Å²) >= 11 is 1.56. The molecule has 0 radical (unpaired) electrons. The first kappa shape index (κ1) is 37.8. The molecule has 2 atom stereocenters. The number of anilines is 1. The van der Waals surface area contributed by atoms with Gasteiger partial charge in [-0.3, -0.25) is 23.9 Å². The number of likely N-dealkylation sites (tertiary alicyclic amines) is 1. The number of carbonyl (C=O) groups excluding carboxylic acids is 3. The molecule has 2 fully saturated rings. The van der Waals surface area contributed by atoms with E-state index in [1.807, 2.05) is 42.5 Å². The van der Waals surface area contributed by atoms with Crippen LogP contribution in [0.1, 0.15) is 43.0 Å². The van der Waals surface area contributed by atoms with E-state index in [2.05, 4.69) is 25.5 Å². The van der Waals surface area contributed by atoms with Crippen molar-refractivity contribution < 1.29 is 14.4 Å². The number of piperazine rings is 1. The first-order chi connectivity index (χ1) is 26.8. The predicted molar refractivity (Wildman–Crippen MR) is 214 cm³/mol. The Bertz CT molecular complexity index is 2210. The zero-order chi connectivity index (χ0) is 38.3. The second-order valence-electron chi connectivity index (χ2n) is 14.2. The highest BCUT2D eigenvalue weighted by Gasteiger charge is 2.33. The molecule has 3 aromatic heterocycles. The number of aromatic amines is 1. The summed E-state index contributed by atoms with van der Waals surface area (Å²) in [5.41, 5.74) is 6.51. The molecule has 0 saturated carbocycles. The van der Waals surface area contributed by atoms with Crippen LogP contribution in [0, 0.1) is 0 Å². The number of aromatic nitrogens is 3. The highest BCUT2D eigenvalue weighted by Crippen LogP contribution is 2.27. The first-order valence-corrected chi connectivity index (χ1v) is 19.8. The maximum absolute atomic E-state index is 14.2. The maximum Gasteiger partial charge on any atom is 0.329 e. The van der Waals surface area contributed by atoms with Gasteiger partial charge in [-0.25, -0.2) is 9.59 Å². The Labute approximate surface area is 322 Å². The fraction of sp³-hybridized carbons (Fsp3) is 0.400. The molecule has 14 nitrogen and oxygen atoms in total. The molecule has 0 unspecified atom stereocenters. The Kier molecular flexibility index (Phi) is 11.9. The number of amides is 4. The number of unbranched alkanes of at least 4 members (excludes halogenated alkanes) is 1. The summed E-state index contributed by atoms with van der Waals surface area (Å²) in [6, 6.07) is 18.3. The summed E-state index contributed by atoms with van der Waals surface area (Å²) in [6.07, 6.45) is 6.34. The molecule has 288 valence electrons. The molecule has 0 aliphatic carbocycles. The fourth-order valence-corrected chi connectivity index (χ4v) is 8.72. The smallest absolute Gasteiger partial charge is 0.329 e. The van der Waals surface area contributed by atoms with Crippen molar-refractivity contribution >= 4 is 55.9 Å². The van der Waals surface area contributed by atoms with E-state index in [0.29, 0.717) is 75.7 Å². The van der Waals surface area contributed by atoms with E-state index < -0.39 is 29.7 Å². The summed E-state index contributed by atoms with van der Waals surface area (Å²) < 4.78 is 2.33. The number of nitrogens with zero attached hydrogens (tertiary/aromatic N) is 5. The average molecular weight is 766 g/mol. The normalized spacial score (nSPS) is 16.3. The highest BCUT2D eigenvalue weighted by molar-refractivity contribution is 7.19. The van der Waals surface area contributed by atoms with Gasteiger partial charge in [-0.2, -0.15) is 0 Å². The number of para-hydroxylation sites is 1. The molecule has 5 heterocycles. The number of benzene rings is 2. The Morgan fingerprint density at radius 3 is 2.33 bits per heavy atom. The van der Waals surface area contributed by atoms with Gasteiger partial charge < -0.3 is 36.1 Å². The number of fused-ring (bicyclic) bond motifs is 2. The monoisotopic (exact) mass is 765 g/mol. The van der Waals surface area contributed by atoms with Gasteiger partial charge in [-0.1, -0.05) is 30.3 Å². The molecule has 5 aromatic rings. The molecule has 4 amide bonds. The van der Waals surface area contributed by atoms with E-state index in [0.717, 1.165) is 20.7 Å². The van der Waals surface area contributed by atoms with Crippen LogP contribution in [0.15, 0.2) is 88.7 Å². The second kappa shape index (κ2) is 17.3. The highest BCUT2D eigenvalue weighted by atomic mass is 32.1. The Morgan fingerprint density at radius 2 is 1.58 bits per heavy atom. The number of hydrogen-bond acceptors (Lipinski definition) is 9. The predicted octanol–water partition coefficient (Wildman–Crippen LogP) is 3.22. The van der Waals surface area contributed by atoms with Crippen molar-refractivity contribution in [3.05, 3.63) is 105 Å². The lowest BCUT2D eigenvalue weighted by Gasteiger charge is -2.38. The minimum atomic E-state index is -0.961. The summed E-state index contributed by atoms with van der Waals surface area (Å²) in [4.78, 5) is 81.8. The van der Waals surface area contributed by atoms with Gasteiger partial charge >= 0.3 is 11.7 Å². The number of nitrogens with two attached hydrogens (primary N) is 1. The van der Waals surface area contributed by atoms with Crippen LogP contribution in [-0.4, -0.2) is 100 Å². The number of pyridine rings is 1. The van der Waals surface area contributed by atoms with E-state index in [4.69, 9.17) is 5.73 Å². The minimum Gasteiger partial charge on any atom is -0.368 e. The van der Waals surface area contributed by atoms with Gasteiger partial charge in [0, 0.05) is 79.4 Å². The molecule has 7 rings (SSSR count).